The maximum Gasteiger partial charge on any atom is 0.330 e. The van der Waals surface area contributed by atoms with Gasteiger partial charge in [-0.3, -0.25) is 9.59 Å². The van der Waals surface area contributed by atoms with Crippen molar-refractivity contribution < 1.29 is 19.1 Å². The molecule has 0 spiro atoms. The minimum Gasteiger partial charge on any atom is -0.467 e. The van der Waals surface area contributed by atoms with Gasteiger partial charge in [-0.1, -0.05) is 41.5 Å². The fourth-order valence-electron chi connectivity index (χ4n) is 2.77. The zero-order valence-corrected chi connectivity index (χ0v) is 16.1. The Kier molecular flexibility index (Phi) is 6.42. The fraction of sp³-hybridized carbons (Fsp3) is 0.833. The fourth-order valence-corrected chi connectivity index (χ4v) is 2.77. The van der Waals surface area contributed by atoms with Gasteiger partial charge in [0.15, 0.2) is 0 Å². The molecule has 1 rings (SSSR count). The highest BCUT2D eigenvalue weighted by Crippen LogP contribution is 2.24. The van der Waals surface area contributed by atoms with Crippen molar-refractivity contribution >= 4 is 17.8 Å². The molecule has 0 aromatic rings. The molecule has 6 nitrogen and oxygen atoms in total. The molecule has 2 amide bonds. The Morgan fingerprint density at radius 1 is 0.917 bits per heavy atom. The van der Waals surface area contributed by atoms with Crippen LogP contribution in [-0.4, -0.2) is 60.4 Å². The Bertz CT molecular complexity index is 488. The van der Waals surface area contributed by atoms with E-state index in [1.165, 1.54) is 7.11 Å². The number of ether oxygens (including phenoxy) is 1. The predicted molar refractivity (Wildman–Crippen MR) is 92.2 cm³/mol. The average molecular weight is 340 g/mol. The van der Waals surface area contributed by atoms with Crippen LogP contribution in [0.1, 0.15) is 54.4 Å². The van der Waals surface area contributed by atoms with E-state index in [9.17, 15) is 14.4 Å². The first kappa shape index (κ1) is 20.5. The second-order valence-electron chi connectivity index (χ2n) is 8.94. The van der Waals surface area contributed by atoms with Crippen molar-refractivity contribution in [1.29, 1.82) is 0 Å². The van der Waals surface area contributed by atoms with Crippen molar-refractivity contribution in [3.63, 3.8) is 0 Å². The SMILES string of the molecule is COC(=O)[C@@H]1CN(C(=O)CC(C)(C)C)CCN1C(=O)CC(C)(C)C. The van der Waals surface area contributed by atoms with Gasteiger partial charge >= 0.3 is 5.97 Å². The van der Waals surface area contributed by atoms with E-state index in [1.807, 2.05) is 41.5 Å². The van der Waals surface area contributed by atoms with Crippen molar-refractivity contribution in [2.75, 3.05) is 26.7 Å². The third-order valence-corrected chi connectivity index (χ3v) is 3.89. The second kappa shape index (κ2) is 7.53. The summed E-state index contributed by atoms with van der Waals surface area (Å²) < 4.78 is 4.86. The Morgan fingerprint density at radius 2 is 1.42 bits per heavy atom. The predicted octanol–water partition coefficient (Wildman–Crippen LogP) is 2.07. The Morgan fingerprint density at radius 3 is 1.88 bits per heavy atom. The molecule has 1 aliphatic rings. The van der Waals surface area contributed by atoms with Gasteiger partial charge in [0.25, 0.3) is 0 Å². The zero-order chi connectivity index (χ0) is 18.7. The number of carbonyl (C=O) groups is 3. The third kappa shape index (κ3) is 6.13. The third-order valence-electron chi connectivity index (χ3n) is 3.89. The smallest absolute Gasteiger partial charge is 0.330 e. The minimum atomic E-state index is -0.720. The first-order valence-corrected chi connectivity index (χ1v) is 8.49. The monoisotopic (exact) mass is 340 g/mol. The molecule has 0 aromatic heterocycles. The van der Waals surface area contributed by atoms with E-state index in [0.717, 1.165) is 0 Å². The summed E-state index contributed by atoms with van der Waals surface area (Å²) in [4.78, 5) is 40.4. The number of hydrogen-bond donors (Lipinski definition) is 0. The molecule has 0 radical (unpaired) electrons. The molecule has 0 aromatic carbocycles. The summed E-state index contributed by atoms with van der Waals surface area (Å²) in [5, 5.41) is 0. The molecule has 1 fully saturated rings. The number of nitrogens with zero attached hydrogens (tertiary/aromatic N) is 2. The molecule has 1 atom stereocenters. The molecule has 0 bridgehead atoms. The zero-order valence-electron chi connectivity index (χ0n) is 16.1. The van der Waals surface area contributed by atoms with Crippen molar-refractivity contribution in [3.8, 4) is 0 Å². The number of esters is 1. The van der Waals surface area contributed by atoms with E-state index < -0.39 is 12.0 Å². The highest BCUT2D eigenvalue weighted by molar-refractivity contribution is 5.86. The Labute approximate surface area is 145 Å². The summed E-state index contributed by atoms with van der Waals surface area (Å²) in [7, 11) is 1.31. The molecular formula is C18H32N2O4. The van der Waals surface area contributed by atoms with Gasteiger partial charge in [0.05, 0.1) is 13.7 Å². The summed E-state index contributed by atoms with van der Waals surface area (Å²) in [5.41, 5.74) is -0.270. The molecule has 24 heavy (non-hydrogen) atoms. The number of carbonyl (C=O) groups excluding carboxylic acids is 3. The topological polar surface area (TPSA) is 66.9 Å². The van der Waals surface area contributed by atoms with Gasteiger partial charge in [-0.25, -0.2) is 4.79 Å². The summed E-state index contributed by atoms with van der Waals surface area (Å²) in [6, 6.07) is -0.720. The van der Waals surface area contributed by atoms with Crippen LogP contribution in [0.15, 0.2) is 0 Å². The summed E-state index contributed by atoms with van der Waals surface area (Å²) in [6.07, 6.45) is 0.771. The molecule has 1 saturated heterocycles. The van der Waals surface area contributed by atoms with Gasteiger partial charge < -0.3 is 14.5 Å². The largest absolute Gasteiger partial charge is 0.467 e. The highest BCUT2D eigenvalue weighted by atomic mass is 16.5. The average Bonchev–Trinajstić information content (AvgIpc) is 2.42. The van der Waals surface area contributed by atoms with E-state index in [-0.39, 0.29) is 29.2 Å². The van der Waals surface area contributed by atoms with E-state index in [0.29, 0.717) is 25.9 Å². The highest BCUT2D eigenvalue weighted by Gasteiger charge is 2.38. The quantitative estimate of drug-likeness (QED) is 0.738. The van der Waals surface area contributed by atoms with Crippen molar-refractivity contribution in [2.24, 2.45) is 10.8 Å². The first-order chi connectivity index (χ1) is 10.8. The Balaban J connectivity index is 2.87. The van der Waals surface area contributed by atoms with Crippen LogP contribution in [0.5, 0.6) is 0 Å². The van der Waals surface area contributed by atoms with E-state index in [2.05, 4.69) is 0 Å². The van der Waals surface area contributed by atoms with Crippen molar-refractivity contribution in [2.45, 2.75) is 60.4 Å². The number of methoxy groups -OCH3 is 1. The second-order valence-corrected chi connectivity index (χ2v) is 8.94. The lowest BCUT2D eigenvalue weighted by atomic mass is 9.90. The van der Waals surface area contributed by atoms with Crippen LogP contribution in [0.2, 0.25) is 0 Å². The van der Waals surface area contributed by atoms with Crippen molar-refractivity contribution in [3.05, 3.63) is 0 Å². The molecule has 6 heteroatoms. The number of amides is 2. The van der Waals surface area contributed by atoms with Gasteiger partial charge in [-0.2, -0.15) is 0 Å². The van der Waals surface area contributed by atoms with Crippen LogP contribution in [0.4, 0.5) is 0 Å². The van der Waals surface area contributed by atoms with Crippen LogP contribution in [0.25, 0.3) is 0 Å². The Hall–Kier alpha value is -1.59. The molecule has 138 valence electrons. The van der Waals surface area contributed by atoms with E-state index in [1.54, 1.807) is 9.80 Å². The molecule has 0 saturated carbocycles. The maximum atomic E-state index is 12.6. The number of hydrogen-bond acceptors (Lipinski definition) is 4. The van der Waals surface area contributed by atoms with Gasteiger partial charge in [-0.05, 0) is 10.8 Å². The summed E-state index contributed by atoms with van der Waals surface area (Å²) >= 11 is 0. The van der Waals surface area contributed by atoms with Gasteiger partial charge in [0.2, 0.25) is 11.8 Å². The van der Waals surface area contributed by atoms with E-state index >= 15 is 0 Å². The minimum absolute atomic E-state index is 0.0133. The van der Waals surface area contributed by atoms with Crippen LogP contribution in [-0.2, 0) is 19.1 Å². The standard InChI is InChI=1S/C18H32N2O4/c1-17(2,3)10-14(21)19-8-9-20(13(12-19)16(23)24-7)15(22)11-18(4,5)6/h13H,8-12H2,1-7H3/t13-/m0/s1. The lowest BCUT2D eigenvalue weighted by Gasteiger charge is -2.41. The molecule has 1 aliphatic heterocycles. The van der Waals surface area contributed by atoms with E-state index in [4.69, 9.17) is 4.74 Å². The molecular weight excluding hydrogens is 308 g/mol. The molecule has 0 N–H and O–H groups in total. The molecule has 0 aliphatic carbocycles. The van der Waals surface area contributed by atoms with Crippen LogP contribution in [0, 0.1) is 10.8 Å². The lowest BCUT2D eigenvalue weighted by Crippen LogP contribution is -2.60. The lowest BCUT2D eigenvalue weighted by molar-refractivity contribution is -0.159. The molecule has 0 unspecified atom stereocenters. The van der Waals surface area contributed by atoms with Crippen LogP contribution >= 0.6 is 0 Å². The van der Waals surface area contributed by atoms with Crippen LogP contribution in [0.3, 0.4) is 0 Å². The number of rotatable bonds is 3. The van der Waals surface area contributed by atoms with Gasteiger partial charge in [0.1, 0.15) is 6.04 Å². The molecule has 1 heterocycles. The normalized spacial score (nSPS) is 19.2. The number of piperazine rings is 1. The van der Waals surface area contributed by atoms with Crippen molar-refractivity contribution in [1.82, 2.24) is 9.80 Å². The first-order valence-electron chi connectivity index (χ1n) is 8.49. The van der Waals surface area contributed by atoms with Gasteiger partial charge in [0, 0.05) is 25.9 Å². The maximum absolute atomic E-state index is 12.6. The summed E-state index contributed by atoms with van der Waals surface area (Å²) in [6.45, 7) is 13.0. The summed E-state index contributed by atoms with van der Waals surface area (Å²) in [5.74, 6) is -0.523. The van der Waals surface area contributed by atoms with Crippen LogP contribution < -0.4 is 0 Å². The van der Waals surface area contributed by atoms with Gasteiger partial charge in [-0.15, -0.1) is 0 Å².